The van der Waals surface area contributed by atoms with E-state index in [1.807, 2.05) is 34.6 Å². The molecular formula is C18H28N2O4S. The fourth-order valence-electron chi connectivity index (χ4n) is 2.75. The Morgan fingerprint density at radius 1 is 1.32 bits per heavy atom. The Bertz CT molecular complexity index is 741. The van der Waals surface area contributed by atoms with Crippen molar-refractivity contribution in [3.8, 4) is 5.75 Å². The second kappa shape index (κ2) is 7.23. The van der Waals surface area contributed by atoms with Crippen molar-refractivity contribution in [1.29, 1.82) is 0 Å². The standard InChI is InChI=1S/C18H28N2O4S/c1-6-9-25(22,23)19-14-7-8-16-15(10-14)20(11-13(2)3)17(21)18(4,5)12-24-16/h7-8,10,13,19H,6,9,11-12H2,1-5H3. The number of fused-ring (bicyclic) bond motifs is 1. The van der Waals surface area contributed by atoms with Crippen LogP contribution in [0.15, 0.2) is 18.2 Å². The van der Waals surface area contributed by atoms with Crippen LogP contribution in [0.2, 0.25) is 0 Å². The first kappa shape index (κ1) is 19.6. The first-order valence-electron chi connectivity index (χ1n) is 8.65. The van der Waals surface area contributed by atoms with Gasteiger partial charge in [-0.15, -0.1) is 0 Å². The lowest BCUT2D eigenvalue weighted by molar-refractivity contribution is -0.127. The maximum Gasteiger partial charge on any atom is 0.236 e. The lowest BCUT2D eigenvalue weighted by Gasteiger charge is -2.29. The molecule has 1 amide bonds. The molecule has 0 saturated carbocycles. The van der Waals surface area contributed by atoms with Crippen LogP contribution in [0.1, 0.15) is 41.0 Å². The lowest BCUT2D eigenvalue weighted by Crippen LogP contribution is -2.43. The number of carbonyl (C=O) groups is 1. The van der Waals surface area contributed by atoms with Gasteiger partial charge >= 0.3 is 0 Å². The van der Waals surface area contributed by atoms with Crippen molar-refractivity contribution < 1.29 is 17.9 Å². The summed E-state index contributed by atoms with van der Waals surface area (Å²) in [5.41, 5.74) is 0.411. The molecule has 0 atom stereocenters. The van der Waals surface area contributed by atoms with Crippen LogP contribution in [-0.2, 0) is 14.8 Å². The molecule has 6 nitrogen and oxygen atoms in total. The second-order valence-electron chi connectivity index (χ2n) is 7.59. The summed E-state index contributed by atoms with van der Waals surface area (Å²) >= 11 is 0. The van der Waals surface area contributed by atoms with Crippen LogP contribution in [0.5, 0.6) is 5.75 Å². The van der Waals surface area contributed by atoms with Gasteiger partial charge in [-0.25, -0.2) is 8.42 Å². The monoisotopic (exact) mass is 368 g/mol. The molecule has 0 unspecified atom stereocenters. The zero-order chi connectivity index (χ0) is 18.8. The molecule has 1 heterocycles. The third-order valence-electron chi connectivity index (χ3n) is 3.96. The summed E-state index contributed by atoms with van der Waals surface area (Å²) in [7, 11) is -3.39. The fraction of sp³-hybridized carbons (Fsp3) is 0.611. The van der Waals surface area contributed by atoms with Gasteiger partial charge in [-0.05, 0) is 44.4 Å². The molecule has 2 rings (SSSR count). The minimum absolute atomic E-state index is 0.0199. The molecule has 0 saturated heterocycles. The largest absolute Gasteiger partial charge is 0.490 e. The first-order chi connectivity index (χ1) is 11.6. The highest BCUT2D eigenvalue weighted by molar-refractivity contribution is 7.92. The number of nitrogens with zero attached hydrogens (tertiary/aromatic N) is 1. The topological polar surface area (TPSA) is 75.7 Å². The summed E-state index contributed by atoms with van der Waals surface area (Å²) in [5.74, 6) is 0.903. The third kappa shape index (κ3) is 4.66. The van der Waals surface area contributed by atoms with Gasteiger partial charge in [0.2, 0.25) is 15.9 Å². The Morgan fingerprint density at radius 2 is 2.00 bits per heavy atom. The Kier molecular flexibility index (Phi) is 5.66. The van der Waals surface area contributed by atoms with E-state index in [0.717, 1.165) is 0 Å². The first-order valence-corrected chi connectivity index (χ1v) is 10.3. The molecule has 1 N–H and O–H groups in total. The highest BCUT2D eigenvalue weighted by Crippen LogP contribution is 2.38. The SMILES string of the molecule is CCCS(=O)(=O)Nc1ccc2c(c1)N(CC(C)C)C(=O)C(C)(C)CO2. The maximum absolute atomic E-state index is 13.0. The Labute approximate surface area is 150 Å². The molecule has 1 aliphatic heterocycles. The summed E-state index contributed by atoms with van der Waals surface area (Å²) in [4.78, 5) is 14.7. The molecule has 0 aliphatic carbocycles. The number of benzene rings is 1. The average Bonchev–Trinajstić information content (AvgIpc) is 2.57. The molecule has 0 spiro atoms. The third-order valence-corrected chi connectivity index (χ3v) is 5.45. The van der Waals surface area contributed by atoms with E-state index in [1.54, 1.807) is 23.1 Å². The Morgan fingerprint density at radius 3 is 2.60 bits per heavy atom. The van der Waals surface area contributed by atoms with Gasteiger partial charge in [0.1, 0.15) is 12.4 Å². The van der Waals surface area contributed by atoms with Crippen molar-refractivity contribution in [2.24, 2.45) is 11.3 Å². The molecule has 0 radical (unpaired) electrons. The van der Waals surface area contributed by atoms with E-state index < -0.39 is 15.4 Å². The van der Waals surface area contributed by atoms with Crippen molar-refractivity contribution in [3.63, 3.8) is 0 Å². The van der Waals surface area contributed by atoms with Crippen molar-refractivity contribution in [2.75, 3.05) is 28.5 Å². The minimum Gasteiger partial charge on any atom is -0.490 e. The van der Waals surface area contributed by atoms with E-state index in [2.05, 4.69) is 4.72 Å². The number of anilines is 2. The molecule has 140 valence electrons. The van der Waals surface area contributed by atoms with Crippen LogP contribution >= 0.6 is 0 Å². The molecule has 0 bridgehead atoms. The molecule has 0 fully saturated rings. The van der Waals surface area contributed by atoms with E-state index in [-0.39, 0.29) is 24.2 Å². The number of amides is 1. The summed E-state index contributed by atoms with van der Waals surface area (Å²) in [6.07, 6.45) is 0.537. The summed E-state index contributed by atoms with van der Waals surface area (Å²) in [5, 5.41) is 0. The molecule has 0 aromatic heterocycles. The van der Waals surface area contributed by atoms with E-state index in [9.17, 15) is 13.2 Å². The van der Waals surface area contributed by atoms with Gasteiger partial charge in [0.15, 0.2) is 0 Å². The molecule has 1 aromatic rings. The number of ether oxygens (including phenoxy) is 1. The highest BCUT2D eigenvalue weighted by atomic mass is 32.2. The normalized spacial score (nSPS) is 17.0. The lowest BCUT2D eigenvalue weighted by atomic mass is 9.92. The van der Waals surface area contributed by atoms with Crippen LogP contribution in [0.25, 0.3) is 0 Å². The fourth-order valence-corrected chi connectivity index (χ4v) is 3.88. The van der Waals surface area contributed by atoms with Crippen molar-refractivity contribution in [2.45, 2.75) is 41.0 Å². The Balaban J connectivity index is 2.45. The van der Waals surface area contributed by atoms with Crippen LogP contribution in [-0.4, -0.2) is 33.2 Å². The van der Waals surface area contributed by atoms with Gasteiger partial charge in [-0.2, -0.15) is 0 Å². The number of nitrogens with one attached hydrogen (secondary N) is 1. The quantitative estimate of drug-likeness (QED) is 0.836. The van der Waals surface area contributed by atoms with Gasteiger partial charge in [0.25, 0.3) is 0 Å². The molecule has 7 heteroatoms. The number of hydrogen-bond acceptors (Lipinski definition) is 4. The summed E-state index contributed by atoms with van der Waals surface area (Å²) in [6, 6.07) is 5.08. The predicted molar refractivity (Wildman–Crippen MR) is 101 cm³/mol. The van der Waals surface area contributed by atoms with E-state index >= 15 is 0 Å². The van der Waals surface area contributed by atoms with Gasteiger partial charge in [0, 0.05) is 6.54 Å². The maximum atomic E-state index is 13.0. The van der Waals surface area contributed by atoms with E-state index in [4.69, 9.17) is 4.74 Å². The smallest absolute Gasteiger partial charge is 0.236 e. The molecule has 25 heavy (non-hydrogen) atoms. The summed E-state index contributed by atoms with van der Waals surface area (Å²) < 4.78 is 32.5. The predicted octanol–water partition coefficient (Wildman–Crippen LogP) is 3.25. The van der Waals surface area contributed by atoms with Crippen LogP contribution in [0, 0.1) is 11.3 Å². The second-order valence-corrected chi connectivity index (χ2v) is 9.43. The van der Waals surface area contributed by atoms with Gasteiger partial charge in [-0.3, -0.25) is 9.52 Å². The number of hydrogen-bond donors (Lipinski definition) is 1. The Hall–Kier alpha value is -1.76. The van der Waals surface area contributed by atoms with Gasteiger partial charge in [0.05, 0.1) is 22.5 Å². The number of carbonyl (C=O) groups excluding carboxylic acids is 1. The van der Waals surface area contributed by atoms with Crippen molar-refractivity contribution in [1.82, 2.24) is 0 Å². The van der Waals surface area contributed by atoms with Crippen LogP contribution in [0.4, 0.5) is 11.4 Å². The van der Waals surface area contributed by atoms with Gasteiger partial charge in [-0.1, -0.05) is 20.8 Å². The number of rotatable bonds is 6. The molecule has 1 aromatic carbocycles. The zero-order valence-electron chi connectivity index (χ0n) is 15.6. The minimum atomic E-state index is -3.39. The molecular weight excluding hydrogens is 340 g/mol. The number of sulfonamides is 1. The average molecular weight is 368 g/mol. The van der Waals surface area contributed by atoms with E-state index in [0.29, 0.717) is 30.1 Å². The van der Waals surface area contributed by atoms with Gasteiger partial charge < -0.3 is 9.64 Å². The highest BCUT2D eigenvalue weighted by Gasteiger charge is 2.38. The summed E-state index contributed by atoms with van der Waals surface area (Å²) in [6.45, 7) is 10.4. The van der Waals surface area contributed by atoms with Crippen molar-refractivity contribution >= 4 is 27.3 Å². The van der Waals surface area contributed by atoms with E-state index in [1.165, 1.54) is 0 Å². The van der Waals surface area contributed by atoms with Crippen LogP contribution < -0.4 is 14.4 Å². The van der Waals surface area contributed by atoms with Crippen LogP contribution in [0.3, 0.4) is 0 Å². The molecule has 1 aliphatic rings. The van der Waals surface area contributed by atoms with Crippen molar-refractivity contribution in [3.05, 3.63) is 18.2 Å². The zero-order valence-corrected chi connectivity index (χ0v) is 16.4.